The maximum Gasteiger partial charge on any atom is 0.632 e. The molecule has 0 aliphatic carbocycles. The van der Waals surface area contributed by atoms with Crippen molar-refractivity contribution >= 4 is 35.8 Å². The Kier molecular flexibility index (Phi) is 2.23. The fourth-order valence-electron chi connectivity index (χ4n) is 2.48. The van der Waals surface area contributed by atoms with Crippen LogP contribution < -0.4 is 0 Å². The van der Waals surface area contributed by atoms with Crippen LogP contribution >= 0.6 is 0 Å². The highest BCUT2D eigenvalue weighted by atomic mass is 17.0. The first-order valence-electron chi connectivity index (χ1n) is 5.75. The quantitative estimate of drug-likeness (QED) is 0.428. The predicted octanol–water partition coefficient (Wildman–Crippen LogP) is -0.569. The third-order valence-electron chi connectivity index (χ3n) is 3.47. The number of carbonyl (C=O) groups excluding carboxylic acids is 6. The van der Waals surface area contributed by atoms with Gasteiger partial charge in [-0.05, 0) is 0 Å². The van der Waals surface area contributed by atoms with Crippen molar-refractivity contribution in [2.75, 3.05) is 0 Å². The fourth-order valence-corrected chi connectivity index (χ4v) is 2.48. The highest BCUT2D eigenvalue weighted by Gasteiger charge is 2.81. The fraction of sp³-hybridized carbons (Fsp3) is 0.400. The molecule has 10 nitrogen and oxygen atoms in total. The molecule has 3 rings (SSSR count). The molecule has 3 aliphatic rings. The van der Waals surface area contributed by atoms with Crippen molar-refractivity contribution in [3.63, 3.8) is 0 Å². The van der Waals surface area contributed by atoms with E-state index in [-0.39, 0.29) is 25.7 Å². The monoisotopic (exact) mass is 284 g/mol. The number of hydrogen-bond donors (Lipinski definition) is 0. The van der Waals surface area contributed by atoms with Gasteiger partial charge >= 0.3 is 35.8 Å². The molecule has 3 fully saturated rings. The molecule has 3 aliphatic heterocycles. The zero-order valence-corrected chi connectivity index (χ0v) is 9.99. The maximum atomic E-state index is 12.4. The molecule has 0 saturated carbocycles. The van der Waals surface area contributed by atoms with Gasteiger partial charge in [0, 0.05) is 0 Å². The van der Waals surface area contributed by atoms with Gasteiger partial charge in [0.05, 0.1) is 25.7 Å². The Labute approximate surface area is 110 Å². The summed E-state index contributed by atoms with van der Waals surface area (Å²) in [4.78, 5) is 80.2. The summed E-state index contributed by atoms with van der Waals surface area (Å²) in [5.41, 5.74) is 0. The Hall–Kier alpha value is -2.46. The molecule has 10 heteroatoms. The summed E-state index contributed by atoms with van der Waals surface area (Å²) in [6, 6.07) is -1.50. The Bertz CT molecular complexity index is 539. The highest BCUT2D eigenvalue weighted by molar-refractivity contribution is 6.08. The number of hydroxylamine groups is 6. The van der Waals surface area contributed by atoms with Crippen LogP contribution in [0.2, 0.25) is 0 Å². The topological polar surface area (TPSA) is 121 Å². The molecule has 6 amide bonds. The van der Waals surface area contributed by atoms with Crippen LogP contribution in [0.5, 0.6) is 0 Å². The number of amides is 6. The summed E-state index contributed by atoms with van der Waals surface area (Å²) < 4.78 is -3.81. The smallest absolute Gasteiger partial charge is 0.225 e. The molecule has 0 bridgehead atoms. The lowest BCUT2D eigenvalue weighted by Gasteiger charge is -2.30. The van der Waals surface area contributed by atoms with E-state index in [0.29, 0.717) is 0 Å². The summed E-state index contributed by atoms with van der Waals surface area (Å²) in [6.07, 6.45) is -2.86. The van der Waals surface area contributed by atoms with E-state index in [0.717, 1.165) is 0 Å². The lowest BCUT2D eigenvalue weighted by Crippen LogP contribution is -2.74. The standard InChI is InChI=1S/C10H8N2O8/c13-5-1-2-6(14)11(5)9(17)12(20-10(18)19-11)7(15)3-4-8(12)16/h1-4H2/q+2. The average molecular weight is 284 g/mol. The average Bonchev–Trinajstić information content (AvgIpc) is 2.83. The summed E-state index contributed by atoms with van der Waals surface area (Å²) >= 11 is 0. The number of imide groups is 6. The SMILES string of the molecule is O=C1O[N+]2(C(=O)CCC2=O)C(=O)[N+]2(O1)C(=O)CCC2=O. The zero-order chi connectivity index (χ0) is 14.7. The number of carbonyl (C=O) groups is 6. The van der Waals surface area contributed by atoms with Crippen LogP contribution in [0, 0.1) is 0 Å². The number of hydrogen-bond acceptors (Lipinski definition) is 8. The van der Waals surface area contributed by atoms with Gasteiger partial charge in [-0.2, -0.15) is 19.3 Å². The van der Waals surface area contributed by atoms with Crippen LogP contribution in [0.15, 0.2) is 0 Å². The lowest BCUT2D eigenvalue weighted by atomic mass is 10.4. The minimum Gasteiger partial charge on any atom is -0.225 e. The van der Waals surface area contributed by atoms with Crippen molar-refractivity contribution in [3.8, 4) is 0 Å². The molecular weight excluding hydrogens is 276 g/mol. The van der Waals surface area contributed by atoms with Crippen molar-refractivity contribution < 1.29 is 47.7 Å². The maximum absolute atomic E-state index is 12.4. The Morgan fingerprint density at radius 1 is 0.600 bits per heavy atom. The van der Waals surface area contributed by atoms with E-state index in [1.807, 2.05) is 0 Å². The number of rotatable bonds is 0. The molecule has 3 heterocycles. The van der Waals surface area contributed by atoms with E-state index < -0.39 is 45.1 Å². The highest BCUT2D eigenvalue weighted by Crippen LogP contribution is 2.38. The summed E-state index contributed by atoms with van der Waals surface area (Å²) in [7, 11) is 0. The molecule has 0 aromatic heterocycles. The first-order valence-corrected chi connectivity index (χ1v) is 5.75. The molecule has 104 valence electrons. The first kappa shape index (κ1) is 12.6. The number of urea groups is 1. The van der Waals surface area contributed by atoms with Gasteiger partial charge < -0.3 is 0 Å². The molecule has 0 unspecified atom stereocenters. The van der Waals surface area contributed by atoms with Gasteiger partial charge in [-0.3, -0.25) is 0 Å². The molecule has 0 aromatic carbocycles. The summed E-state index contributed by atoms with van der Waals surface area (Å²) in [5.74, 6) is -3.99. The third-order valence-corrected chi connectivity index (χ3v) is 3.47. The van der Waals surface area contributed by atoms with Gasteiger partial charge in [-0.1, -0.05) is 0 Å². The second-order valence-corrected chi connectivity index (χ2v) is 4.51. The molecule has 0 atom stereocenters. The minimum atomic E-state index is -1.91. The molecule has 2 spiro atoms. The van der Waals surface area contributed by atoms with Crippen LogP contribution in [-0.2, 0) is 28.9 Å². The predicted molar refractivity (Wildman–Crippen MR) is 52.0 cm³/mol. The van der Waals surface area contributed by atoms with Crippen LogP contribution in [0.4, 0.5) is 9.59 Å². The third kappa shape index (κ3) is 1.15. The van der Waals surface area contributed by atoms with Gasteiger partial charge in [0.2, 0.25) is 0 Å². The van der Waals surface area contributed by atoms with Gasteiger partial charge in [-0.25, -0.2) is 19.2 Å². The van der Waals surface area contributed by atoms with Crippen LogP contribution in [0.25, 0.3) is 0 Å². The van der Waals surface area contributed by atoms with Crippen molar-refractivity contribution in [2.24, 2.45) is 0 Å². The number of quaternary nitrogens is 2. The van der Waals surface area contributed by atoms with E-state index in [4.69, 9.17) is 0 Å². The minimum absolute atomic E-state index is 0.319. The van der Waals surface area contributed by atoms with E-state index in [1.54, 1.807) is 0 Å². The largest absolute Gasteiger partial charge is 0.632 e. The van der Waals surface area contributed by atoms with Crippen molar-refractivity contribution in [3.05, 3.63) is 0 Å². The Balaban J connectivity index is 2.21. The molecule has 0 aromatic rings. The van der Waals surface area contributed by atoms with Crippen LogP contribution in [0.3, 0.4) is 0 Å². The second-order valence-electron chi connectivity index (χ2n) is 4.51. The van der Waals surface area contributed by atoms with Gasteiger partial charge in [0.25, 0.3) is 0 Å². The molecule has 3 saturated heterocycles. The van der Waals surface area contributed by atoms with Crippen LogP contribution in [-0.4, -0.2) is 45.1 Å². The van der Waals surface area contributed by atoms with Crippen molar-refractivity contribution in [1.82, 2.24) is 0 Å². The zero-order valence-electron chi connectivity index (χ0n) is 9.99. The molecule has 0 radical (unpaired) electrons. The van der Waals surface area contributed by atoms with Gasteiger partial charge in [0.1, 0.15) is 9.29 Å². The normalized spacial score (nSPS) is 27.4. The van der Waals surface area contributed by atoms with Gasteiger partial charge in [0.15, 0.2) is 0 Å². The lowest BCUT2D eigenvalue weighted by molar-refractivity contribution is -1.03. The summed E-state index contributed by atoms with van der Waals surface area (Å²) in [6.45, 7) is 0. The van der Waals surface area contributed by atoms with Crippen LogP contribution in [0.1, 0.15) is 25.7 Å². The van der Waals surface area contributed by atoms with E-state index in [9.17, 15) is 28.8 Å². The summed E-state index contributed by atoms with van der Waals surface area (Å²) in [5, 5.41) is 0. The van der Waals surface area contributed by atoms with Crippen molar-refractivity contribution in [2.45, 2.75) is 25.7 Å². The van der Waals surface area contributed by atoms with E-state index in [2.05, 4.69) is 9.68 Å². The second kappa shape index (κ2) is 3.55. The first-order chi connectivity index (χ1) is 9.35. The van der Waals surface area contributed by atoms with Gasteiger partial charge in [-0.15, -0.1) is 0 Å². The van der Waals surface area contributed by atoms with E-state index >= 15 is 0 Å². The van der Waals surface area contributed by atoms with E-state index in [1.165, 1.54) is 0 Å². The Morgan fingerprint density at radius 3 is 1.20 bits per heavy atom. The number of nitrogens with zero attached hydrogens (tertiary/aromatic N) is 2. The Morgan fingerprint density at radius 2 is 0.900 bits per heavy atom. The van der Waals surface area contributed by atoms with Crippen molar-refractivity contribution in [1.29, 1.82) is 0 Å². The molecule has 20 heavy (non-hydrogen) atoms. The molecular formula is C10H8N2O8+2. The molecule has 0 N–H and O–H groups in total.